The van der Waals surface area contributed by atoms with Crippen LogP contribution >= 0.6 is 27.7 Å². The van der Waals surface area contributed by atoms with Crippen LogP contribution in [0.2, 0.25) is 0 Å². The molecular weight excluding hydrogens is 332 g/mol. The zero-order chi connectivity index (χ0) is 14.3. The third-order valence-corrected chi connectivity index (χ3v) is 6.38. The fraction of sp³-hybridized carbons (Fsp3) is 0.625. The van der Waals surface area contributed by atoms with E-state index in [0.29, 0.717) is 0 Å². The number of nitrogens with zero attached hydrogens (tertiary/aromatic N) is 1. The van der Waals surface area contributed by atoms with Crippen LogP contribution in [0.25, 0.3) is 0 Å². The lowest BCUT2D eigenvalue weighted by Crippen LogP contribution is -2.58. The largest absolute Gasteiger partial charge is 0.369 e. The Bertz CT molecular complexity index is 465. The summed E-state index contributed by atoms with van der Waals surface area (Å²) in [6.45, 7) is 6.30. The molecule has 0 aromatic carbocycles. The van der Waals surface area contributed by atoms with Crippen molar-refractivity contribution in [3.63, 3.8) is 0 Å². The zero-order valence-corrected chi connectivity index (χ0v) is 14.7. The van der Waals surface area contributed by atoms with E-state index < -0.39 is 0 Å². The molecule has 3 saturated heterocycles. The highest BCUT2D eigenvalue weighted by molar-refractivity contribution is 9.11. The Morgan fingerprint density at radius 3 is 2.70 bits per heavy atom. The van der Waals surface area contributed by atoms with Crippen LogP contribution in [0.1, 0.15) is 39.0 Å². The number of fused-ring (bicyclic) bond motifs is 2. The Morgan fingerprint density at radius 2 is 2.10 bits per heavy atom. The molecule has 0 aromatic rings. The topological polar surface area (TPSA) is 15.3 Å². The molecule has 1 spiro atoms. The van der Waals surface area contributed by atoms with Crippen molar-refractivity contribution in [2.45, 2.75) is 56.0 Å². The van der Waals surface area contributed by atoms with Gasteiger partial charge in [0.2, 0.25) is 0 Å². The van der Waals surface area contributed by atoms with Gasteiger partial charge >= 0.3 is 0 Å². The van der Waals surface area contributed by atoms with Crippen LogP contribution in [0.5, 0.6) is 0 Å². The van der Waals surface area contributed by atoms with Crippen LogP contribution in [0.3, 0.4) is 0 Å². The minimum Gasteiger partial charge on any atom is -0.369 e. The monoisotopic (exact) mass is 354 g/mol. The molecule has 2 unspecified atom stereocenters. The van der Waals surface area contributed by atoms with Gasteiger partial charge < -0.3 is 10.2 Å². The second-order valence-corrected chi connectivity index (χ2v) is 9.02. The summed E-state index contributed by atoms with van der Waals surface area (Å²) in [7, 11) is 2.31. The Hall–Kier alpha value is -0.190. The van der Waals surface area contributed by atoms with Crippen molar-refractivity contribution in [1.82, 2.24) is 10.2 Å². The minimum atomic E-state index is 0.194. The van der Waals surface area contributed by atoms with E-state index in [1.807, 2.05) is 11.8 Å². The molecule has 2 bridgehead atoms. The lowest BCUT2D eigenvalue weighted by molar-refractivity contribution is 0.0433. The number of rotatable bonds is 1. The number of nitrogens with one attached hydrogen (secondary N) is 1. The van der Waals surface area contributed by atoms with Crippen molar-refractivity contribution in [2.75, 3.05) is 7.05 Å². The summed E-state index contributed by atoms with van der Waals surface area (Å²) in [6, 6.07) is 1.48. The van der Waals surface area contributed by atoms with Crippen LogP contribution in [0.4, 0.5) is 0 Å². The Balaban J connectivity index is 1.80. The van der Waals surface area contributed by atoms with E-state index in [4.69, 9.17) is 0 Å². The number of allylic oxidation sites excluding steroid dienone is 3. The van der Waals surface area contributed by atoms with Gasteiger partial charge in [-0.3, -0.25) is 0 Å². The van der Waals surface area contributed by atoms with Crippen molar-refractivity contribution in [2.24, 2.45) is 0 Å². The number of hydrogen-bond donors (Lipinski definition) is 1. The summed E-state index contributed by atoms with van der Waals surface area (Å²) in [6.07, 6.45) is 10.8. The lowest BCUT2D eigenvalue weighted by atomic mass is 9.81. The third kappa shape index (κ3) is 2.75. The summed E-state index contributed by atoms with van der Waals surface area (Å²) in [5.41, 5.74) is 1.21. The Kier molecular flexibility index (Phi) is 4.08. The quantitative estimate of drug-likeness (QED) is 0.752. The average molecular weight is 355 g/mol. The first-order valence-electron chi connectivity index (χ1n) is 7.42. The van der Waals surface area contributed by atoms with Gasteiger partial charge in [-0.2, -0.15) is 0 Å². The first kappa shape index (κ1) is 14.7. The van der Waals surface area contributed by atoms with Crippen LogP contribution in [0.15, 0.2) is 33.8 Å². The Morgan fingerprint density at radius 1 is 1.45 bits per heavy atom. The summed E-state index contributed by atoms with van der Waals surface area (Å²) in [5, 5.41) is 3.79. The minimum absolute atomic E-state index is 0.194. The first-order valence-corrected chi connectivity index (χ1v) is 9.02. The molecule has 1 N–H and O–H groups in total. The molecule has 3 fully saturated rings. The molecule has 4 heteroatoms. The van der Waals surface area contributed by atoms with E-state index in [0.717, 1.165) is 16.6 Å². The highest BCUT2D eigenvalue weighted by Gasteiger charge is 2.48. The summed E-state index contributed by atoms with van der Waals surface area (Å²) in [5.74, 6) is 0. The number of thioether (sulfide) groups is 1. The Labute approximate surface area is 134 Å². The second kappa shape index (κ2) is 5.54. The van der Waals surface area contributed by atoms with Crippen molar-refractivity contribution < 1.29 is 0 Å². The maximum atomic E-state index is 4.25. The highest BCUT2D eigenvalue weighted by Crippen LogP contribution is 2.51. The van der Waals surface area contributed by atoms with Crippen LogP contribution in [-0.4, -0.2) is 28.9 Å². The van der Waals surface area contributed by atoms with E-state index in [-0.39, 0.29) is 4.87 Å². The predicted octanol–water partition coefficient (Wildman–Crippen LogP) is 4.36. The van der Waals surface area contributed by atoms with Gasteiger partial charge in [0.25, 0.3) is 0 Å². The standard InChI is InChI=1S/C16H23BrN2S/c1-11(17)7-8-15-12(2)20-16(18-15)9-13-5-4-6-14(10-16)19(13)3/h7-8,13-14,18H,2,4-6,9-10H2,1,3H3/b11-7+,15-8+. The van der Waals surface area contributed by atoms with Gasteiger partial charge in [-0.25, -0.2) is 0 Å². The van der Waals surface area contributed by atoms with Crippen LogP contribution < -0.4 is 5.32 Å². The van der Waals surface area contributed by atoms with E-state index in [2.05, 4.69) is 58.8 Å². The van der Waals surface area contributed by atoms with E-state index >= 15 is 0 Å². The van der Waals surface area contributed by atoms with Gasteiger partial charge in [0.1, 0.15) is 0 Å². The van der Waals surface area contributed by atoms with E-state index in [9.17, 15) is 0 Å². The molecule has 0 aliphatic carbocycles. The highest BCUT2D eigenvalue weighted by atomic mass is 79.9. The number of hydrogen-bond acceptors (Lipinski definition) is 3. The summed E-state index contributed by atoms with van der Waals surface area (Å²) >= 11 is 5.44. The van der Waals surface area contributed by atoms with Gasteiger partial charge in [0, 0.05) is 22.7 Å². The number of halogens is 1. The molecule has 20 heavy (non-hydrogen) atoms. The molecule has 0 aromatic heterocycles. The van der Waals surface area contributed by atoms with Crippen molar-refractivity contribution in [1.29, 1.82) is 0 Å². The first-order chi connectivity index (χ1) is 9.49. The molecule has 0 saturated carbocycles. The van der Waals surface area contributed by atoms with Gasteiger partial charge in [0.05, 0.1) is 4.87 Å². The smallest absolute Gasteiger partial charge is 0.0910 e. The molecule has 0 amide bonds. The van der Waals surface area contributed by atoms with Gasteiger partial charge in [-0.15, -0.1) is 0 Å². The molecule has 3 aliphatic heterocycles. The normalized spacial score (nSPS) is 40.5. The van der Waals surface area contributed by atoms with Gasteiger partial charge in [-0.1, -0.05) is 46.8 Å². The molecule has 0 radical (unpaired) electrons. The molecule has 2 atom stereocenters. The lowest BCUT2D eigenvalue weighted by Gasteiger charge is -2.51. The SMILES string of the molecule is C=C1SC2(CC3CCCC(C2)N3C)N/C1=C/C=C(\C)Br. The van der Waals surface area contributed by atoms with E-state index in [1.54, 1.807) is 0 Å². The van der Waals surface area contributed by atoms with Crippen LogP contribution in [-0.2, 0) is 0 Å². The maximum absolute atomic E-state index is 4.25. The molecule has 2 nitrogen and oxygen atoms in total. The molecule has 3 heterocycles. The molecule has 3 rings (SSSR count). The van der Waals surface area contributed by atoms with Crippen molar-refractivity contribution >= 4 is 27.7 Å². The van der Waals surface area contributed by atoms with E-state index in [1.165, 1.54) is 42.7 Å². The maximum Gasteiger partial charge on any atom is 0.0910 e. The fourth-order valence-electron chi connectivity index (χ4n) is 3.78. The fourth-order valence-corrected chi connectivity index (χ4v) is 5.33. The zero-order valence-electron chi connectivity index (χ0n) is 12.3. The molecule has 3 aliphatic rings. The van der Waals surface area contributed by atoms with Crippen molar-refractivity contribution in [3.05, 3.63) is 33.8 Å². The van der Waals surface area contributed by atoms with Gasteiger partial charge in [-0.05, 0) is 50.2 Å². The molecule has 110 valence electrons. The predicted molar refractivity (Wildman–Crippen MR) is 91.8 cm³/mol. The van der Waals surface area contributed by atoms with Crippen molar-refractivity contribution in [3.8, 4) is 0 Å². The molecular formula is C16H23BrN2S. The van der Waals surface area contributed by atoms with Gasteiger partial charge in [0.15, 0.2) is 0 Å². The summed E-state index contributed by atoms with van der Waals surface area (Å²) in [4.78, 5) is 4.00. The second-order valence-electron chi connectivity index (χ2n) is 6.29. The summed E-state index contributed by atoms with van der Waals surface area (Å²) < 4.78 is 1.14. The number of piperidine rings is 2. The third-order valence-electron chi connectivity index (χ3n) is 4.82. The van der Waals surface area contributed by atoms with Crippen LogP contribution in [0, 0.1) is 0 Å². The average Bonchev–Trinajstić information content (AvgIpc) is 2.66.